The van der Waals surface area contributed by atoms with Crippen LogP contribution in [0.3, 0.4) is 0 Å². The summed E-state index contributed by atoms with van der Waals surface area (Å²) in [6.45, 7) is 5.70. The quantitative estimate of drug-likeness (QED) is 0.676. The molecule has 2 aromatic rings. The molecule has 0 saturated carbocycles. The number of aromatic nitrogens is 2. The van der Waals surface area contributed by atoms with Crippen LogP contribution in [-0.4, -0.2) is 68.6 Å². The molecule has 0 aliphatic carbocycles. The van der Waals surface area contributed by atoms with Crippen LogP contribution in [0.5, 0.6) is 0 Å². The summed E-state index contributed by atoms with van der Waals surface area (Å²) in [5.74, 6) is 0.327. The molecule has 3 heterocycles. The van der Waals surface area contributed by atoms with E-state index < -0.39 is 19.9 Å². The lowest BCUT2D eigenvalue weighted by Crippen LogP contribution is -2.49. The standard InChI is InChI=1S/C19H25ClN4O4S2/c1-14-19(15(2)24(21-14)17-7-12-29(25,26)13-17)22-8-10-23(11-9-22)30(27,28)18-5-3-16(20)4-6-18/h3-6,17H,7-13H2,1-2H3. The molecule has 2 fully saturated rings. The maximum absolute atomic E-state index is 12.9. The highest BCUT2D eigenvalue weighted by Gasteiger charge is 2.34. The average Bonchev–Trinajstić information content (AvgIpc) is 3.20. The van der Waals surface area contributed by atoms with E-state index in [-0.39, 0.29) is 22.4 Å². The first-order chi connectivity index (χ1) is 14.1. The number of piperazine rings is 1. The van der Waals surface area contributed by atoms with Gasteiger partial charge in [-0.2, -0.15) is 9.40 Å². The Bertz CT molecular complexity index is 1150. The second-order valence-electron chi connectivity index (χ2n) is 7.87. The molecule has 8 nitrogen and oxygen atoms in total. The number of benzene rings is 1. The van der Waals surface area contributed by atoms with Crippen molar-refractivity contribution in [3.63, 3.8) is 0 Å². The summed E-state index contributed by atoms with van der Waals surface area (Å²) in [5, 5.41) is 5.12. The number of nitrogens with zero attached hydrogens (tertiary/aromatic N) is 4. The highest BCUT2D eigenvalue weighted by molar-refractivity contribution is 7.91. The SMILES string of the molecule is Cc1nn(C2CCS(=O)(=O)C2)c(C)c1N1CCN(S(=O)(=O)c2ccc(Cl)cc2)CC1. The smallest absolute Gasteiger partial charge is 0.243 e. The predicted octanol–water partition coefficient (Wildman–Crippen LogP) is 2.02. The van der Waals surface area contributed by atoms with E-state index in [4.69, 9.17) is 11.6 Å². The van der Waals surface area contributed by atoms with Gasteiger partial charge in [-0.25, -0.2) is 16.8 Å². The van der Waals surface area contributed by atoms with Crippen LogP contribution < -0.4 is 4.90 Å². The zero-order valence-corrected chi connectivity index (χ0v) is 19.3. The summed E-state index contributed by atoms with van der Waals surface area (Å²) in [7, 11) is -6.56. The first kappa shape index (κ1) is 21.6. The third-order valence-electron chi connectivity index (χ3n) is 5.85. The molecule has 1 aromatic carbocycles. The highest BCUT2D eigenvalue weighted by atomic mass is 35.5. The maximum Gasteiger partial charge on any atom is 0.243 e. The Balaban J connectivity index is 1.50. The van der Waals surface area contributed by atoms with Gasteiger partial charge in [-0.15, -0.1) is 0 Å². The minimum atomic E-state index is -3.57. The summed E-state index contributed by atoms with van der Waals surface area (Å²) in [4.78, 5) is 2.38. The number of anilines is 1. The van der Waals surface area contributed by atoms with Crippen molar-refractivity contribution < 1.29 is 16.8 Å². The van der Waals surface area contributed by atoms with Gasteiger partial charge in [0.05, 0.1) is 39.5 Å². The normalized spacial score (nSPS) is 22.5. The van der Waals surface area contributed by atoms with Gasteiger partial charge in [-0.3, -0.25) is 4.68 Å². The summed E-state index contributed by atoms with van der Waals surface area (Å²) in [6.07, 6.45) is 0.580. The summed E-state index contributed by atoms with van der Waals surface area (Å²) in [6, 6.07) is 6.08. The Morgan fingerprint density at radius 2 is 1.70 bits per heavy atom. The molecule has 1 atom stereocenters. The molecule has 2 aliphatic heterocycles. The molecule has 0 radical (unpaired) electrons. The van der Waals surface area contributed by atoms with Crippen LogP contribution in [-0.2, 0) is 19.9 Å². The molecule has 4 rings (SSSR count). The monoisotopic (exact) mass is 472 g/mol. The van der Waals surface area contributed by atoms with Crippen molar-refractivity contribution >= 4 is 37.1 Å². The van der Waals surface area contributed by atoms with Gasteiger partial charge in [0.1, 0.15) is 0 Å². The van der Waals surface area contributed by atoms with Gasteiger partial charge in [-0.05, 0) is 44.5 Å². The van der Waals surface area contributed by atoms with Crippen molar-refractivity contribution in [3.8, 4) is 0 Å². The van der Waals surface area contributed by atoms with E-state index in [1.54, 1.807) is 12.1 Å². The molecule has 2 aliphatic rings. The Labute approximate surface area is 182 Å². The largest absolute Gasteiger partial charge is 0.366 e. The van der Waals surface area contributed by atoms with Crippen molar-refractivity contribution in [2.75, 3.05) is 42.6 Å². The summed E-state index contributed by atoms with van der Waals surface area (Å²) in [5.41, 5.74) is 2.75. The fourth-order valence-corrected chi connectivity index (χ4v) is 7.58. The van der Waals surface area contributed by atoms with Gasteiger partial charge < -0.3 is 4.90 Å². The van der Waals surface area contributed by atoms with Crippen LogP contribution in [0.1, 0.15) is 23.9 Å². The van der Waals surface area contributed by atoms with Crippen LogP contribution in [0.15, 0.2) is 29.2 Å². The van der Waals surface area contributed by atoms with Gasteiger partial charge in [-0.1, -0.05) is 11.6 Å². The lowest BCUT2D eigenvalue weighted by atomic mass is 10.2. The Morgan fingerprint density at radius 1 is 1.07 bits per heavy atom. The lowest BCUT2D eigenvalue weighted by molar-refractivity contribution is 0.384. The van der Waals surface area contributed by atoms with Crippen molar-refractivity contribution in [2.24, 2.45) is 0 Å². The van der Waals surface area contributed by atoms with Crippen LogP contribution in [0.4, 0.5) is 5.69 Å². The fraction of sp³-hybridized carbons (Fsp3) is 0.526. The van der Waals surface area contributed by atoms with Crippen molar-refractivity contribution in [1.29, 1.82) is 0 Å². The molecular formula is C19H25ClN4O4S2. The van der Waals surface area contributed by atoms with E-state index in [1.807, 2.05) is 18.5 Å². The topological polar surface area (TPSA) is 92.6 Å². The second kappa shape index (κ2) is 7.81. The third kappa shape index (κ3) is 3.98. The van der Waals surface area contributed by atoms with Gasteiger partial charge in [0.2, 0.25) is 10.0 Å². The zero-order chi connectivity index (χ0) is 21.7. The average molecular weight is 473 g/mol. The van der Waals surface area contributed by atoms with Gasteiger partial charge in [0.25, 0.3) is 0 Å². The van der Waals surface area contributed by atoms with Crippen LogP contribution in [0.25, 0.3) is 0 Å². The summed E-state index contributed by atoms with van der Waals surface area (Å²) < 4.78 is 52.9. The van der Waals surface area contributed by atoms with Crippen molar-refractivity contribution in [3.05, 3.63) is 40.7 Å². The molecular weight excluding hydrogens is 448 g/mol. The minimum absolute atomic E-state index is 0.127. The number of hydrogen-bond donors (Lipinski definition) is 0. The van der Waals surface area contributed by atoms with E-state index in [0.29, 0.717) is 37.6 Å². The molecule has 0 spiro atoms. The third-order valence-corrected chi connectivity index (χ3v) is 9.76. The van der Waals surface area contributed by atoms with Crippen molar-refractivity contribution in [2.45, 2.75) is 31.2 Å². The van der Waals surface area contributed by atoms with Crippen LogP contribution in [0.2, 0.25) is 5.02 Å². The lowest BCUT2D eigenvalue weighted by Gasteiger charge is -2.35. The molecule has 0 bridgehead atoms. The van der Waals surface area contributed by atoms with Crippen LogP contribution >= 0.6 is 11.6 Å². The van der Waals surface area contributed by atoms with Gasteiger partial charge in [0.15, 0.2) is 9.84 Å². The highest BCUT2D eigenvalue weighted by Crippen LogP contribution is 2.32. The Kier molecular flexibility index (Phi) is 5.63. The predicted molar refractivity (Wildman–Crippen MR) is 116 cm³/mol. The maximum atomic E-state index is 12.9. The van der Waals surface area contributed by atoms with E-state index in [0.717, 1.165) is 17.1 Å². The van der Waals surface area contributed by atoms with E-state index in [2.05, 4.69) is 10.00 Å². The van der Waals surface area contributed by atoms with E-state index in [1.165, 1.54) is 16.4 Å². The van der Waals surface area contributed by atoms with Gasteiger partial charge >= 0.3 is 0 Å². The first-order valence-corrected chi connectivity index (χ1v) is 13.5. The van der Waals surface area contributed by atoms with E-state index >= 15 is 0 Å². The minimum Gasteiger partial charge on any atom is -0.366 e. The number of sulfone groups is 1. The second-order valence-corrected chi connectivity index (χ2v) is 12.5. The molecule has 164 valence electrons. The van der Waals surface area contributed by atoms with Crippen molar-refractivity contribution in [1.82, 2.24) is 14.1 Å². The van der Waals surface area contributed by atoms with Gasteiger partial charge in [0, 0.05) is 31.2 Å². The molecule has 1 unspecified atom stereocenters. The Morgan fingerprint density at radius 3 is 2.27 bits per heavy atom. The number of sulfonamides is 1. The number of aryl methyl sites for hydroxylation is 1. The molecule has 1 aromatic heterocycles. The molecule has 0 amide bonds. The number of halogens is 1. The fourth-order valence-electron chi connectivity index (χ4n) is 4.34. The van der Waals surface area contributed by atoms with E-state index in [9.17, 15) is 16.8 Å². The molecule has 30 heavy (non-hydrogen) atoms. The number of hydrogen-bond acceptors (Lipinski definition) is 6. The molecule has 2 saturated heterocycles. The molecule has 11 heteroatoms. The zero-order valence-electron chi connectivity index (χ0n) is 17.0. The molecule has 0 N–H and O–H groups in total. The Hall–Kier alpha value is -1.62. The first-order valence-electron chi connectivity index (χ1n) is 9.85. The number of rotatable bonds is 4. The van der Waals surface area contributed by atoms with Crippen LogP contribution in [0, 0.1) is 13.8 Å². The summed E-state index contributed by atoms with van der Waals surface area (Å²) >= 11 is 5.87.